The van der Waals surface area contributed by atoms with Crippen molar-refractivity contribution < 1.29 is 0 Å². The fourth-order valence-corrected chi connectivity index (χ4v) is 11.1. The van der Waals surface area contributed by atoms with Crippen molar-refractivity contribution in [2.24, 2.45) is 21.7 Å². The minimum Gasteiger partial charge on any atom is -0.179 e. The Morgan fingerprint density at radius 1 is 0.711 bits per heavy atom. The maximum absolute atomic E-state index is 4.94. The molecule has 2 aromatic carbocycles. The summed E-state index contributed by atoms with van der Waals surface area (Å²) in [6.45, 7) is 15.6. The Hall–Kier alpha value is -1.86. The molecule has 0 N–H and O–H groups in total. The molecule has 4 fully saturated rings. The molecule has 0 radical (unpaired) electrons. The van der Waals surface area contributed by atoms with Crippen LogP contribution in [0.4, 0.5) is 0 Å². The highest BCUT2D eigenvalue weighted by Gasteiger charge is 2.68. The number of hydrogen-bond acceptors (Lipinski definition) is 3. The van der Waals surface area contributed by atoms with Crippen LogP contribution < -0.4 is 10.4 Å². The second-order valence-corrected chi connectivity index (χ2v) is 17.4. The molecule has 3 heteroatoms. The molecule has 0 unspecified atom stereocenters. The van der Waals surface area contributed by atoms with Crippen molar-refractivity contribution in [2.45, 2.75) is 92.4 Å². The summed E-state index contributed by atoms with van der Waals surface area (Å²) < 4.78 is 0. The van der Waals surface area contributed by atoms with Gasteiger partial charge in [0.1, 0.15) is 0 Å². The molecule has 5 aliphatic carbocycles. The van der Waals surface area contributed by atoms with Gasteiger partial charge >= 0.3 is 0 Å². The first-order valence-electron chi connectivity index (χ1n) is 16.6. The summed E-state index contributed by atoms with van der Waals surface area (Å²) in [6.07, 6.45) is 20.6. The molecule has 0 nitrogen and oxygen atoms in total. The zero-order valence-electron chi connectivity index (χ0n) is 28.3. The minimum absolute atomic E-state index is 0.134. The molecule has 0 spiro atoms. The second-order valence-electron chi connectivity index (χ2n) is 16.5. The summed E-state index contributed by atoms with van der Waals surface area (Å²) in [6, 6.07) is 9.07. The van der Waals surface area contributed by atoms with Crippen LogP contribution in [-0.4, -0.2) is 17.3 Å². The van der Waals surface area contributed by atoms with Gasteiger partial charge in [0.05, 0.1) is 5.73 Å². The van der Waals surface area contributed by atoms with E-state index in [0.29, 0.717) is 16.2 Å². The average molecular weight is 651 g/mol. The van der Waals surface area contributed by atoms with E-state index < -0.39 is 0 Å². The lowest BCUT2D eigenvalue weighted by Gasteiger charge is -2.70. The van der Waals surface area contributed by atoms with Crippen molar-refractivity contribution in [1.82, 2.24) is 0 Å². The molecule has 4 saturated carbocycles. The fourth-order valence-electron chi connectivity index (χ4n) is 10.1. The van der Waals surface area contributed by atoms with Crippen molar-refractivity contribution in [3.63, 3.8) is 0 Å². The van der Waals surface area contributed by atoms with Crippen LogP contribution in [0.5, 0.6) is 0 Å². The lowest BCUT2D eigenvalue weighted by atomic mass is 9.35. The molecular formula is C42H50S3. The SMILES string of the molecule is Cc1cc(C(C)(C)C)cc(C)c1[C-]=c1c(C)cc(=C=C=C2C=CC(C34CC5(CS)CC(CS)(CC(CS)(C5)C3)C4)=C[CH+]2)cc1C. The Balaban J connectivity index is 1.31. The van der Waals surface area contributed by atoms with Crippen molar-refractivity contribution in [3.8, 4) is 0 Å². The van der Waals surface area contributed by atoms with Crippen LogP contribution in [0.25, 0.3) is 11.8 Å². The minimum atomic E-state index is 0.134. The lowest BCUT2D eigenvalue weighted by Crippen LogP contribution is -2.63. The third kappa shape index (κ3) is 6.03. The highest BCUT2D eigenvalue weighted by atomic mass is 32.1. The highest BCUT2D eigenvalue weighted by molar-refractivity contribution is 7.80. The summed E-state index contributed by atoms with van der Waals surface area (Å²) in [5.41, 5.74) is 18.3. The third-order valence-electron chi connectivity index (χ3n) is 11.4. The predicted octanol–water partition coefficient (Wildman–Crippen LogP) is 9.20. The van der Waals surface area contributed by atoms with Crippen LogP contribution in [0.3, 0.4) is 0 Å². The van der Waals surface area contributed by atoms with E-state index in [9.17, 15) is 0 Å². The summed E-state index contributed by atoms with van der Waals surface area (Å²) in [7, 11) is 0. The molecule has 5 aliphatic rings. The van der Waals surface area contributed by atoms with E-state index in [-0.39, 0.29) is 10.8 Å². The van der Waals surface area contributed by atoms with Crippen LogP contribution in [0.2, 0.25) is 0 Å². The average Bonchev–Trinajstić information content (AvgIpc) is 2.98. The number of rotatable bonds is 5. The zero-order chi connectivity index (χ0) is 32.4. The van der Waals surface area contributed by atoms with Crippen LogP contribution >= 0.6 is 37.9 Å². The molecule has 0 amide bonds. The Labute approximate surface area is 289 Å². The number of hydrogen-bond donors (Lipinski definition) is 3. The van der Waals surface area contributed by atoms with Gasteiger partial charge in [-0.05, 0) is 83.2 Å². The fraction of sp³-hybridized carbons (Fsp3) is 0.500. The molecule has 0 saturated heterocycles. The molecule has 2 aromatic rings. The van der Waals surface area contributed by atoms with Gasteiger partial charge in [0.2, 0.25) is 0 Å². The van der Waals surface area contributed by atoms with Gasteiger partial charge in [-0.15, -0.1) is 39.1 Å². The van der Waals surface area contributed by atoms with Gasteiger partial charge in [-0.2, -0.15) is 37.9 Å². The molecule has 236 valence electrons. The smallest absolute Gasteiger partial charge is 0.156 e. The van der Waals surface area contributed by atoms with Gasteiger partial charge < -0.3 is 0 Å². The molecule has 0 heterocycles. The topological polar surface area (TPSA) is 0 Å². The quantitative estimate of drug-likeness (QED) is 0.160. The molecule has 7 rings (SSSR count). The Kier molecular flexibility index (Phi) is 8.58. The number of aryl methyl sites for hydroxylation is 4. The maximum Gasteiger partial charge on any atom is 0.156 e. The van der Waals surface area contributed by atoms with Crippen molar-refractivity contribution in [2.75, 3.05) is 17.3 Å². The predicted molar refractivity (Wildman–Crippen MR) is 203 cm³/mol. The van der Waals surface area contributed by atoms with E-state index in [0.717, 1.165) is 28.1 Å². The molecule has 0 atom stereocenters. The largest absolute Gasteiger partial charge is 0.179 e. The first kappa shape index (κ1) is 33.1. The van der Waals surface area contributed by atoms with Crippen LogP contribution in [0.1, 0.15) is 92.7 Å². The zero-order valence-corrected chi connectivity index (χ0v) is 31.0. The number of benzene rings is 2. The van der Waals surface area contributed by atoms with Gasteiger partial charge in [0, 0.05) is 40.9 Å². The van der Waals surface area contributed by atoms with E-state index in [1.54, 1.807) is 0 Å². The van der Waals surface area contributed by atoms with Gasteiger partial charge in [0.25, 0.3) is 0 Å². The van der Waals surface area contributed by atoms with E-state index in [4.69, 9.17) is 37.9 Å². The van der Waals surface area contributed by atoms with Gasteiger partial charge in [-0.1, -0.05) is 78.3 Å². The normalized spacial score (nSPS) is 30.1. The van der Waals surface area contributed by atoms with E-state index in [2.05, 4.69) is 115 Å². The Bertz CT molecular complexity index is 1690. The summed E-state index contributed by atoms with van der Waals surface area (Å²) >= 11 is 14.8. The monoisotopic (exact) mass is 650 g/mol. The van der Waals surface area contributed by atoms with E-state index in [1.165, 1.54) is 82.7 Å². The lowest BCUT2D eigenvalue weighted by molar-refractivity contribution is -0.162. The maximum atomic E-state index is 4.94. The highest BCUT2D eigenvalue weighted by Crippen LogP contribution is 2.76. The molecule has 45 heavy (non-hydrogen) atoms. The van der Waals surface area contributed by atoms with Crippen LogP contribution in [0, 0.1) is 55.8 Å². The van der Waals surface area contributed by atoms with E-state index >= 15 is 0 Å². The van der Waals surface area contributed by atoms with E-state index in [1.807, 2.05) is 0 Å². The van der Waals surface area contributed by atoms with Crippen LogP contribution in [-0.2, 0) is 5.41 Å². The number of allylic oxidation sites excluding steroid dienone is 5. The van der Waals surface area contributed by atoms with Gasteiger partial charge in [-0.25, -0.2) is 0 Å². The second kappa shape index (κ2) is 11.7. The number of thiol groups is 3. The first-order valence-corrected chi connectivity index (χ1v) is 18.5. The first-order chi connectivity index (χ1) is 21.2. The molecule has 0 aliphatic heterocycles. The third-order valence-corrected chi connectivity index (χ3v) is 13.4. The van der Waals surface area contributed by atoms with Crippen molar-refractivity contribution in [1.29, 1.82) is 0 Å². The van der Waals surface area contributed by atoms with Crippen molar-refractivity contribution in [3.05, 3.63) is 110 Å². The molecular weight excluding hydrogens is 601 g/mol. The summed E-state index contributed by atoms with van der Waals surface area (Å²) in [4.78, 5) is 0. The van der Waals surface area contributed by atoms with Gasteiger partial charge in [-0.3, -0.25) is 0 Å². The summed E-state index contributed by atoms with van der Waals surface area (Å²) in [5.74, 6) is 2.91. The van der Waals surface area contributed by atoms with Crippen molar-refractivity contribution >= 4 is 49.7 Å². The van der Waals surface area contributed by atoms with Crippen LogP contribution in [0.15, 0.2) is 59.4 Å². The Morgan fingerprint density at radius 3 is 1.64 bits per heavy atom. The summed E-state index contributed by atoms with van der Waals surface area (Å²) in [5, 5.41) is 2.23. The molecule has 4 bridgehead atoms. The molecule has 0 aromatic heterocycles. The Morgan fingerprint density at radius 2 is 1.22 bits per heavy atom. The van der Waals surface area contributed by atoms with Gasteiger partial charge in [0.15, 0.2) is 5.57 Å². The standard InChI is InChI=1S/C42H50S3/c1-28-14-33(15-29(2)36(28)18-37-30(3)16-35(17-31(37)4)38(5,6)7)9-8-32-10-12-34(13-11-32)42-22-39(25-43)19-40(23-42,26-44)21-41(20-39,24-42)27-45/h10-17,43-45H,19-27H2,1-7H3.